The van der Waals surface area contributed by atoms with E-state index < -0.39 is 30.3 Å². The van der Waals surface area contributed by atoms with Crippen LogP contribution >= 0.6 is 0 Å². The molecule has 2 aromatic carbocycles. The summed E-state index contributed by atoms with van der Waals surface area (Å²) in [5.74, 6) is -1.75. The van der Waals surface area contributed by atoms with E-state index in [-0.39, 0.29) is 29.3 Å². The predicted molar refractivity (Wildman–Crippen MR) is 89.9 cm³/mol. The Morgan fingerprint density at radius 2 is 1.89 bits per heavy atom. The first-order valence-electron chi connectivity index (χ1n) is 7.90. The van der Waals surface area contributed by atoms with Crippen molar-refractivity contribution in [3.05, 3.63) is 65.5 Å². The van der Waals surface area contributed by atoms with Crippen molar-refractivity contribution < 1.29 is 27.5 Å². The molecule has 0 spiro atoms. The summed E-state index contributed by atoms with van der Waals surface area (Å²) >= 11 is 0. The average molecular weight is 377 g/mol. The summed E-state index contributed by atoms with van der Waals surface area (Å²) in [5, 5.41) is 4.82. The number of carbonyl (C=O) groups excluding carboxylic acids is 2. The lowest BCUT2D eigenvalue weighted by atomic mass is 10.0. The molecule has 27 heavy (non-hydrogen) atoms. The second-order valence-electron chi connectivity index (χ2n) is 5.62. The molecule has 0 bridgehead atoms. The van der Waals surface area contributed by atoms with E-state index in [0.717, 1.165) is 0 Å². The van der Waals surface area contributed by atoms with Crippen molar-refractivity contribution in [1.82, 2.24) is 10.6 Å². The fourth-order valence-electron chi connectivity index (χ4n) is 2.55. The zero-order chi connectivity index (χ0) is 19.4. The number of ether oxygens (including phenoxy) is 1. The van der Waals surface area contributed by atoms with E-state index in [1.807, 2.05) is 0 Å². The molecule has 1 aliphatic heterocycles. The molecular weight excluding hydrogens is 363 g/mol. The summed E-state index contributed by atoms with van der Waals surface area (Å²) in [6.45, 7) is -2.97. The van der Waals surface area contributed by atoms with Crippen molar-refractivity contribution >= 4 is 17.8 Å². The SMILES string of the molecule is O=C1C[C@@H](c2ccccc2F)N=C(NC(=O)c2ccc(OC(F)F)cc2)N1. The monoisotopic (exact) mass is 377 g/mol. The maximum Gasteiger partial charge on any atom is 0.387 e. The molecule has 3 rings (SSSR count). The number of alkyl halides is 2. The van der Waals surface area contributed by atoms with Gasteiger partial charge >= 0.3 is 6.61 Å². The number of guanidine groups is 1. The van der Waals surface area contributed by atoms with Gasteiger partial charge in [-0.05, 0) is 30.3 Å². The molecule has 0 radical (unpaired) electrons. The third-order valence-corrected chi connectivity index (χ3v) is 3.76. The minimum atomic E-state index is -2.97. The highest BCUT2D eigenvalue weighted by Gasteiger charge is 2.25. The lowest BCUT2D eigenvalue weighted by Crippen LogP contribution is -2.47. The lowest BCUT2D eigenvalue weighted by molar-refractivity contribution is -0.120. The van der Waals surface area contributed by atoms with Crippen LogP contribution in [0.25, 0.3) is 0 Å². The molecule has 0 aliphatic carbocycles. The zero-order valence-corrected chi connectivity index (χ0v) is 13.8. The quantitative estimate of drug-likeness (QED) is 0.860. The number of amides is 2. The van der Waals surface area contributed by atoms with Crippen LogP contribution in [0.2, 0.25) is 0 Å². The van der Waals surface area contributed by atoms with E-state index in [2.05, 4.69) is 20.4 Å². The maximum absolute atomic E-state index is 13.9. The molecule has 0 fully saturated rings. The first-order valence-corrected chi connectivity index (χ1v) is 7.90. The molecule has 0 saturated heterocycles. The normalized spacial score (nSPS) is 16.5. The number of benzene rings is 2. The summed E-state index contributed by atoms with van der Waals surface area (Å²) < 4.78 is 42.4. The number of halogens is 3. The van der Waals surface area contributed by atoms with Gasteiger partial charge in [0.25, 0.3) is 5.91 Å². The Morgan fingerprint density at radius 3 is 2.56 bits per heavy atom. The Balaban J connectivity index is 1.74. The molecule has 0 aromatic heterocycles. The van der Waals surface area contributed by atoms with Gasteiger partial charge in [0.2, 0.25) is 11.9 Å². The molecule has 9 heteroatoms. The smallest absolute Gasteiger partial charge is 0.387 e. The van der Waals surface area contributed by atoms with Crippen LogP contribution in [-0.4, -0.2) is 24.4 Å². The summed E-state index contributed by atoms with van der Waals surface area (Å²) in [7, 11) is 0. The highest BCUT2D eigenvalue weighted by molar-refractivity contribution is 6.10. The predicted octanol–water partition coefficient (Wildman–Crippen LogP) is 2.77. The fourth-order valence-corrected chi connectivity index (χ4v) is 2.55. The van der Waals surface area contributed by atoms with Gasteiger partial charge in [0.15, 0.2) is 0 Å². The van der Waals surface area contributed by atoms with Gasteiger partial charge in [0.1, 0.15) is 11.6 Å². The molecule has 2 N–H and O–H groups in total. The van der Waals surface area contributed by atoms with Crippen LogP contribution in [0.4, 0.5) is 13.2 Å². The van der Waals surface area contributed by atoms with Crippen molar-refractivity contribution in [1.29, 1.82) is 0 Å². The Kier molecular flexibility index (Phi) is 5.39. The number of carbonyl (C=O) groups is 2. The van der Waals surface area contributed by atoms with E-state index in [1.54, 1.807) is 6.07 Å². The minimum Gasteiger partial charge on any atom is -0.435 e. The molecule has 1 aliphatic rings. The van der Waals surface area contributed by atoms with Crippen LogP contribution in [0.5, 0.6) is 5.75 Å². The fraction of sp³-hybridized carbons (Fsp3) is 0.167. The van der Waals surface area contributed by atoms with Crippen molar-refractivity contribution in [2.75, 3.05) is 0 Å². The third kappa shape index (κ3) is 4.63. The summed E-state index contributed by atoms with van der Waals surface area (Å²) in [5.41, 5.74) is 0.384. The van der Waals surface area contributed by atoms with Crippen LogP contribution in [0.3, 0.4) is 0 Å². The number of hydrogen-bond acceptors (Lipinski definition) is 4. The van der Waals surface area contributed by atoms with Gasteiger partial charge in [-0.25, -0.2) is 9.38 Å². The Labute approximate surface area is 152 Å². The van der Waals surface area contributed by atoms with Gasteiger partial charge in [-0.15, -0.1) is 0 Å². The first kappa shape index (κ1) is 18.4. The molecular formula is C18H14F3N3O3. The van der Waals surface area contributed by atoms with E-state index >= 15 is 0 Å². The summed E-state index contributed by atoms with van der Waals surface area (Å²) in [6, 6.07) is 10.2. The number of hydrogen-bond donors (Lipinski definition) is 2. The summed E-state index contributed by atoms with van der Waals surface area (Å²) in [6.07, 6.45) is -0.0556. The van der Waals surface area contributed by atoms with Crippen molar-refractivity contribution in [2.45, 2.75) is 19.1 Å². The second kappa shape index (κ2) is 7.90. The van der Waals surface area contributed by atoms with Gasteiger partial charge in [0, 0.05) is 11.1 Å². The van der Waals surface area contributed by atoms with Gasteiger partial charge < -0.3 is 4.74 Å². The molecule has 140 valence electrons. The van der Waals surface area contributed by atoms with Crippen LogP contribution in [0.15, 0.2) is 53.5 Å². The Bertz CT molecular complexity index is 885. The maximum atomic E-state index is 13.9. The number of aliphatic imine (C=N–C) groups is 1. The van der Waals surface area contributed by atoms with Crippen molar-refractivity contribution in [3.8, 4) is 5.75 Å². The van der Waals surface area contributed by atoms with E-state index in [1.165, 1.54) is 42.5 Å². The molecule has 0 saturated carbocycles. The van der Waals surface area contributed by atoms with Gasteiger partial charge in [-0.2, -0.15) is 8.78 Å². The second-order valence-corrected chi connectivity index (χ2v) is 5.62. The molecule has 6 nitrogen and oxygen atoms in total. The van der Waals surface area contributed by atoms with Crippen molar-refractivity contribution in [2.24, 2.45) is 4.99 Å². The number of nitrogens with zero attached hydrogens (tertiary/aromatic N) is 1. The zero-order valence-electron chi connectivity index (χ0n) is 13.8. The van der Waals surface area contributed by atoms with Gasteiger partial charge in [-0.1, -0.05) is 18.2 Å². The third-order valence-electron chi connectivity index (χ3n) is 3.76. The van der Waals surface area contributed by atoms with E-state index in [9.17, 15) is 22.8 Å². The van der Waals surface area contributed by atoms with Crippen LogP contribution in [0.1, 0.15) is 28.4 Å². The van der Waals surface area contributed by atoms with Crippen LogP contribution in [-0.2, 0) is 4.79 Å². The Hall–Kier alpha value is -3.36. The molecule has 2 amide bonds. The van der Waals surface area contributed by atoms with Crippen LogP contribution in [0, 0.1) is 5.82 Å². The lowest BCUT2D eigenvalue weighted by Gasteiger charge is -2.21. The molecule has 2 aromatic rings. The largest absolute Gasteiger partial charge is 0.435 e. The van der Waals surface area contributed by atoms with Gasteiger partial charge in [-0.3, -0.25) is 20.2 Å². The standard InChI is InChI=1S/C18H14F3N3O3/c19-13-4-2-1-3-12(13)14-9-15(25)23-18(22-14)24-16(26)10-5-7-11(8-6-10)27-17(20)21/h1-8,14,17H,9H2,(H2,22,23,24,25,26)/t14-/m0/s1. The van der Waals surface area contributed by atoms with E-state index in [0.29, 0.717) is 0 Å². The van der Waals surface area contributed by atoms with E-state index in [4.69, 9.17) is 0 Å². The minimum absolute atomic E-state index is 0.0556. The van der Waals surface area contributed by atoms with Crippen LogP contribution < -0.4 is 15.4 Å². The first-order chi connectivity index (χ1) is 12.9. The molecule has 1 atom stereocenters. The van der Waals surface area contributed by atoms with Gasteiger partial charge in [0.05, 0.1) is 12.5 Å². The number of rotatable bonds is 4. The van der Waals surface area contributed by atoms with Crippen molar-refractivity contribution in [3.63, 3.8) is 0 Å². The highest BCUT2D eigenvalue weighted by Crippen LogP contribution is 2.25. The topological polar surface area (TPSA) is 79.8 Å². The molecule has 1 heterocycles. The summed E-state index contributed by atoms with van der Waals surface area (Å²) in [4.78, 5) is 28.3. The average Bonchev–Trinajstić information content (AvgIpc) is 2.61. The number of nitrogens with one attached hydrogen (secondary N) is 2. The molecule has 0 unspecified atom stereocenters. The Morgan fingerprint density at radius 1 is 1.19 bits per heavy atom. The highest BCUT2D eigenvalue weighted by atomic mass is 19.3.